The molecule has 0 saturated carbocycles. The molecule has 0 amide bonds. The van der Waals surface area contributed by atoms with E-state index in [9.17, 15) is 0 Å². The highest BCUT2D eigenvalue weighted by Gasteiger charge is 2.32. The summed E-state index contributed by atoms with van der Waals surface area (Å²) in [5, 5.41) is 4.56. The van der Waals surface area contributed by atoms with E-state index in [1.54, 1.807) is 0 Å². The maximum Gasteiger partial charge on any atom is 0.0409 e. The number of piperidine rings is 1. The molecule has 1 N–H and O–H groups in total. The second-order valence-electron chi connectivity index (χ2n) is 6.63. The first-order chi connectivity index (χ1) is 9.69. The lowest BCUT2D eigenvalue weighted by Gasteiger charge is -2.30. The van der Waals surface area contributed by atoms with Crippen molar-refractivity contribution < 1.29 is 0 Å². The summed E-state index contributed by atoms with van der Waals surface area (Å²) >= 11 is 6.04. The maximum absolute atomic E-state index is 6.04. The van der Waals surface area contributed by atoms with Crippen molar-refractivity contribution in [2.75, 3.05) is 13.6 Å². The summed E-state index contributed by atoms with van der Waals surface area (Å²) in [6, 6.07) is 9.84. The molecule has 2 atom stereocenters. The smallest absolute Gasteiger partial charge is 0.0409 e. The number of nitrogens with one attached hydrogen (secondary N) is 1. The number of rotatable bonds is 5. The Bertz CT molecular complexity index is 436. The molecule has 3 heteroatoms. The Morgan fingerprint density at radius 2 is 2.00 bits per heavy atom. The molecule has 2 bridgehead atoms. The second-order valence-corrected chi connectivity index (χ2v) is 7.07. The Hall–Kier alpha value is -0.570. The molecular formula is C17H25ClN2. The van der Waals surface area contributed by atoms with Crippen LogP contribution >= 0.6 is 11.6 Å². The number of hydrogen-bond donors (Lipinski definition) is 1. The standard InChI is InChI=1S/C17H25ClN2/c1-20(12-14-3-2-4-15(18)9-14)8-7-13-10-16-5-6-17(11-13)19-16/h2-4,9,13,16-17,19H,5-8,10-12H2,1H3. The van der Waals surface area contributed by atoms with Gasteiger partial charge in [-0.05, 0) is 69.3 Å². The van der Waals surface area contributed by atoms with Crippen molar-refractivity contribution in [3.05, 3.63) is 34.9 Å². The Morgan fingerprint density at radius 3 is 2.70 bits per heavy atom. The third-order valence-electron chi connectivity index (χ3n) is 4.83. The molecule has 2 saturated heterocycles. The third kappa shape index (κ3) is 3.75. The van der Waals surface area contributed by atoms with Crippen molar-refractivity contribution in [2.45, 2.75) is 50.7 Å². The summed E-state index contributed by atoms with van der Waals surface area (Å²) in [5.74, 6) is 0.926. The van der Waals surface area contributed by atoms with Gasteiger partial charge in [0.15, 0.2) is 0 Å². The van der Waals surface area contributed by atoms with Crippen molar-refractivity contribution in [3.63, 3.8) is 0 Å². The fraction of sp³-hybridized carbons (Fsp3) is 0.647. The van der Waals surface area contributed by atoms with Gasteiger partial charge >= 0.3 is 0 Å². The van der Waals surface area contributed by atoms with Crippen molar-refractivity contribution in [3.8, 4) is 0 Å². The minimum Gasteiger partial charge on any atom is -0.311 e. The van der Waals surface area contributed by atoms with Gasteiger partial charge in [0, 0.05) is 23.7 Å². The van der Waals surface area contributed by atoms with Gasteiger partial charge in [-0.2, -0.15) is 0 Å². The van der Waals surface area contributed by atoms with Crippen LogP contribution in [0.1, 0.15) is 37.7 Å². The topological polar surface area (TPSA) is 15.3 Å². The van der Waals surface area contributed by atoms with Gasteiger partial charge in [-0.25, -0.2) is 0 Å². The van der Waals surface area contributed by atoms with Crippen molar-refractivity contribution in [1.82, 2.24) is 10.2 Å². The minimum absolute atomic E-state index is 0.817. The van der Waals surface area contributed by atoms with Gasteiger partial charge in [0.1, 0.15) is 0 Å². The molecule has 2 aliphatic rings. The molecule has 1 aromatic carbocycles. The van der Waals surface area contributed by atoms with Gasteiger partial charge < -0.3 is 10.2 Å². The first-order valence-electron chi connectivity index (χ1n) is 7.88. The first kappa shape index (κ1) is 14.4. The molecule has 3 rings (SSSR count). The Balaban J connectivity index is 1.44. The number of halogens is 1. The van der Waals surface area contributed by atoms with Crippen LogP contribution in [0.3, 0.4) is 0 Å². The van der Waals surface area contributed by atoms with Gasteiger partial charge in [0.2, 0.25) is 0 Å². The lowest BCUT2D eigenvalue weighted by molar-refractivity contribution is 0.238. The van der Waals surface area contributed by atoms with Crippen molar-refractivity contribution >= 4 is 11.6 Å². The number of nitrogens with zero attached hydrogens (tertiary/aromatic N) is 1. The molecule has 2 unspecified atom stereocenters. The molecule has 0 aliphatic carbocycles. The van der Waals surface area contributed by atoms with Crippen LogP contribution < -0.4 is 5.32 Å². The van der Waals surface area contributed by atoms with E-state index in [2.05, 4.69) is 29.4 Å². The first-order valence-corrected chi connectivity index (χ1v) is 8.26. The van der Waals surface area contributed by atoms with E-state index in [0.717, 1.165) is 29.6 Å². The monoisotopic (exact) mass is 292 g/mol. The zero-order valence-corrected chi connectivity index (χ0v) is 13.1. The summed E-state index contributed by atoms with van der Waals surface area (Å²) in [4.78, 5) is 2.43. The van der Waals surface area contributed by atoms with Gasteiger partial charge in [0.25, 0.3) is 0 Å². The zero-order chi connectivity index (χ0) is 13.9. The highest BCUT2D eigenvalue weighted by atomic mass is 35.5. The highest BCUT2D eigenvalue weighted by Crippen LogP contribution is 2.32. The average Bonchev–Trinajstić information content (AvgIpc) is 2.76. The average molecular weight is 293 g/mol. The lowest BCUT2D eigenvalue weighted by atomic mass is 9.89. The van der Waals surface area contributed by atoms with E-state index in [4.69, 9.17) is 11.6 Å². The van der Waals surface area contributed by atoms with E-state index in [1.165, 1.54) is 44.2 Å². The Morgan fingerprint density at radius 1 is 1.25 bits per heavy atom. The summed E-state index contributed by atoms with van der Waals surface area (Å²) in [6.07, 6.45) is 6.92. The molecule has 0 spiro atoms. The second kappa shape index (κ2) is 6.46. The van der Waals surface area contributed by atoms with Gasteiger partial charge in [-0.15, -0.1) is 0 Å². The molecule has 110 valence electrons. The lowest BCUT2D eigenvalue weighted by Crippen LogP contribution is -2.38. The Labute approximate surface area is 127 Å². The van der Waals surface area contributed by atoms with Gasteiger partial charge in [0.05, 0.1) is 0 Å². The predicted octanol–water partition coefficient (Wildman–Crippen LogP) is 3.69. The molecule has 2 aliphatic heterocycles. The fourth-order valence-corrected chi connectivity index (χ4v) is 4.05. The Kier molecular flexibility index (Phi) is 4.65. The summed E-state index contributed by atoms with van der Waals surface area (Å²) < 4.78 is 0. The molecule has 1 aromatic rings. The highest BCUT2D eigenvalue weighted by molar-refractivity contribution is 6.30. The summed E-state index contributed by atoms with van der Waals surface area (Å²) in [7, 11) is 2.22. The van der Waals surface area contributed by atoms with Crippen molar-refractivity contribution in [2.24, 2.45) is 5.92 Å². The summed E-state index contributed by atoms with van der Waals surface area (Å²) in [6.45, 7) is 2.19. The normalized spacial score (nSPS) is 29.1. The third-order valence-corrected chi connectivity index (χ3v) is 5.07. The van der Waals surface area contributed by atoms with E-state index in [-0.39, 0.29) is 0 Å². The molecule has 0 aromatic heterocycles. The maximum atomic E-state index is 6.04. The predicted molar refractivity (Wildman–Crippen MR) is 85.1 cm³/mol. The van der Waals surface area contributed by atoms with Crippen LogP contribution in [0.25, 0.3) is 0 Å². The van der Waals surface area contributed by atoms with E-state index < -0.39 is 0 Å². The fourth-order valence-electron chi connectivity index (χ4n) is 3.84. The van der Waals surface area contributed by atoms with Crippen LogP contribution in [0.2, 0.25) is 5.02 Å². The minimum atomic E-state index is 0.817. The number of fused-ring (bicyclic) bond motifs is 2. The molecule has 2 fully saturated rings. The van der Waals surface area contributed by atoms with Crippen LogP contribution in [-0.2, 0) is 6.54 Å². The van der Waals surface area contributed by atoms with Gasteiger partial charge in [-0.3, -0.25) is 0 Å². The van der Waals surface area contributed by atoms with Crippen LogP contribution in [0.5, 0.6) is 0 Å². The largest absolute Gasteiger partial charge is 0.311 e. The molecule has 2 heterocycles. The molecule has 20 heavy (non-hydrogen) atoms. The number of hydrogen-bond acceptors (Lipinski definition) is 2. The van der Waals surface area contributed by atoms with Crippen LogP contribution in [0, 0.1) is 5.92 Å². The van der Waals surface area contributed by atoms with Gasteiger partial charge in [-0.1, -0.05) is 23.7 Å². The van der Waals surface area contributed by atoms with Crippen LogP contribution in [0.4, 0.5) is 0 Å². The van der Waals surface area contributed by atoms with E-state index in [1.807, 2.05) is 12.1 Å². The van der Waals surface area contributed by atoms with E-state index in [0.29, 0.717) is 0 Å². The molecular weight excluding hydrogens is 268 g/mol. The van der Waals surface area contributed by atoms with Crippen LogP contribution in [-0.4, -0.2) is 30.6 Å². The molecule has 0 radical (unpaired) electrons. The van der Waals surface area contributed by atoms with E-state index >= 15 is 0 Å². The van der Waals surface area contributed by atoms with Crippen LogP contribution in [0.15, 0.2) is 24.3 Å². The zero-order valence-electron chi connectivity index (χ0n) is 12.3. The SMILES string of the molecule is CN(CCC1CC2CCC(C1)N2)Cc1cccc(Cl)c1. The quantitative estimate of drug-likeness (QED) is 0.890. The summed E-state index contributed by atoms with van der Waals surface area (Å²) in [5.41, 5.74) is 1.31. The number of benzene rings is 1. The van der Waals surface area contributed by atoms with Crippen molar-refractivity contribution in [1.29, 1.82) is 0 Å². The molecule has 2 nitrogen and oxygen atoms in total.